The molecule has 1 aliphatic rings. The van der Waals surface area contributed by atoms with Crippen LogP contribution in [0.2, 0.25) is 0 Å². The summed E-state index contributed by atoms with van der Waals surface area (Å²) in [5, 5.41) is 1.06. The fraction of sp³-hybridized carbons (Fsp3) is 0.158. The molecule has 0 spiro atoms. The van der Waals surface area contributed by atoms with Crippen LogP contribution in [0.5, 0.6) is 0 Å². The van der Waals surface area contributed by atoms with Crippen molar-refractivity contribution < 1.29 is 0 Å². The molecule has 2 nitrogen and oxygen atoms in total. The molecule has 0 N–H and O–H groups in total. The smallest absolute Gasteiger partial charge is 0.160 e. The van der Waals surface area contributed by atoms with Crippen molar-refractivity contribution in [2.45, 2.75) is 38.5 Å². The molecule has 0 unspecified atom stereocenters. The van der Waals surface area contributed by atoms with Crippen molar-refractivity contribution in [1.82, 2.24) is 9.97 Å². The van der Waals surface area contributed by atoms with Gasteiger partial charge >= 0.3 is 0 Å². The highest BCUT2D eigenvalue weighted by molar-refractivity contribution is 5.98. The Morgan fingerprint density at radius 2 is 1.07 bits per heavy atom. The summed E-state index contributed by atoms with van der Waals surface area (Å²) in [7, 11) is 0. The highest BCUT2D eigenvalue weighted by Gasteiger charge is 2.46. The first kappa shape index (κ1) is 24.5. The third kappa shape index (κ3) is 3.63. The molecule has 6 aromatic rings. The highest BCUT2D eigenvalue weighted by atomic mass is 14.9. The van der Waals surface area contributed by atoms with Crippen LogP contribution >= 0.6 is 0 Å². The van der Waals surface area contributed by atoms with Gasteiger partial charge in [-0.25, -0.2) is 9.97 Å². The Labute approximate surface area is 236 Å². The molecule has 0 bridgehead atoms. The molecular weight excluding hydrogens is 484 g/mol. The second-order valence-electron chi connectivity index (χ2n) is 11.9. The Kier molecular flexibility index (Phi) is 5.50. The maximum atomic E-state index is 5.11. The van der Waals surface area contributed by atoms with Crippen molar-refractivity contribution in [2.75, 3.05) is 0 Å². The van der Waals surface area contributed by atoms with Gasteiger partial charge in [-0.1, -0.05) is 137 Å². The van der Waals surface area contributed by atoms with Gasteiger partial charge in [0.15, 0.2) is 5.82 Å². The lowest BCUT2D eigenvalue weighted by Gasteiger charge is -2.48. The van der Waals surface area contributed by atoms with Gasteiger partial charge in [0.25, 0.3) is 0 Å². The standard InChI is InChI=1S/C38H32N2/c1-37(2)31-20-12-11-18-29(31)34-28(19-13-21-32(34)38(37,3)4)27-22-23-30-33(24-27)39-36(26-16-9-6-10-17-26)40-35(30)25-14-7-5-8-15-25/h5-24H,1-4H3. The molecule has 7 rings (SSSR count). The molecule has 40 heavy (non-hydrogen) atoms. The molecule has 0 saturated carbocycles. The fourth-order valence-corrected chi connectivity index (χ4v) is 6.35. The van der Waals surface area contributed by atoms with Gasteiger partial charge in [-0.3, -0.25) is 0 Å². The van der Waals surface area contributed by atoms with Crippen molar-refractivity contribution in [3.8, 4) is 44.9 Å². The summed E-state index contributed by atoms with van der Waals surface area (Å²) in [5.41, 5.74) is 11.9. The first-order chi connectivity index (χ1) is 19.4. The van der Waals surface area contributed by atoms with E-state index in [4.69, 9.17) is 9.97 Å². The topological polar surface area (TPSA) is 25.8 Å². The third-order valence-corrected chi connectivity index (χ3v) is 9.26. The van der Waals surface area contributed by atoms with Crippen LogP contribution < -0.4 is 0 Å². The summed E-state index contributed by atoms with van der Waals surface area (Å²) in [4.78, 5) is 10.2. The lowest BCUT2D eigenvalue weighted by molar-refractivity contribution is 0.299. The molecule has 0 fully saturated rings. The van der Waals surface area contributed by atoms with Crippen molar-refractivity contribution >= 4 is 10.9 Å². The van der Waals surface area contributed by atoms with E-state index in [9.17, 15) is 0 Å². The minimum atomic E-state index is -0.0350. The van der Waals surface area contributed by atoms with Gasteiger partial charge in [0.1, 0.15) is 0 Å². The minimum absolute atomic E-state index is 0.000989. The molecule has 0 saturated heterocycles. The zero-order chi connectivity index (χ0) is 27.5. The monoisotopic (exact) mass is 516 g/mol. The Morgan fingerprint density at radius 3 is 1.82 bits per heavy atom. The number of aromatic nitrogens is 2. The first-order valence-electron chi connectivity index (χ1n) is 14.0. The van der Waals surface area contributed by atoms with E-state index in [0.29, 0.717) is 0 Å². The zero-order valence-electron chi connectivity index (χ0n) is 23.4. The molecule has 194 valence electrons. The second-order valence-corrected chi connectivity index (χ2v) is 11.9. The summed E-state index contributed by atoms with van der Waals surface area (Å²) in [5.74, 6) is 0.743. The third-order valence-electron chi connectivity index (χ3n) is 9.26. The van der Waals surface area contributed by atoms with Gasteiger partial charge in [-0.2, -0.15) is 0 Å². The van der Waals surface area contributed by atoms with E-state index in [1.807, 2.05) is 24.3 Å². The molecule has 1 aliphatic carbocycles. The summed E-state index contributed by atoms with van der Waals surface area (Å²) >= 11 is 0. The van der Waals surface area contributed by atoms with Gasteiger partial charge in [-0.15, -0.1) is 0 Å². The van der Waals surface area contributed by atoms with Crippen molar-refractivity contribution in [2.24, 2.45) is 0 Å². The molecule has 0 aliphatic heterocycles. The van der Waals surface area contributed by atoms with E-state index in [1.54, 1.807) is 0 Å². The average Bonchev–Trinajstić information content (AvgIpc) is 3.00. The Morgan fingerprint density at radius 1 is 0.475 bits per heavy atom. The van der Waals surface area contributed by atoms with E-state index in [0.717, 1.165) is 33.5 Å². The largest absolute Gasteiger partial charge is 0.228 e. The Balaban J connectivity index is 1.49. The molecule has 0 radical (unpaired) electrons. The lowest BCUT2D eigenvalue weighted by atomic mass is 9.55. The number of nitrogens with zero attached hydrogens (tertiary/aromatic N) is 2. The number of hydrogen-bond acceptors (Lipinski definition) is 2. The van der Waals surface area contributed by atoms with Gasteiger partial charge in [-0.05, 0) is 56.3 Å². The normalized spacial score (nSPS) is 14.9. The number of hydrogen-bond donors (Lipinski definition) is 0. The van der Waals surface area contributed by atoms with Gasteiger partial charge in [0.2, 0.25) is 0 Å². The van der Waals surface area contributed by atoms with E-state index < -0.39 is 0 Å². The van der Waals surface area contributed by atoms with Gasteiger partial charge < -0.3 is 0 Å². The summed E-state index contributed by atoms with van der Waals surface area (Å²) in [6.07, 6.45) is 0. The number of fused-ring (bicyclic) bond motifs is 4. The first-order valence-corrected chi connectivity index (χ1v) is 14.0. The molecule has 2 heteroatoms. The number of benzene rings is 5. The van der Waals surface area contributed by atoms with E-state index in [2.05, 4.69) is 125 Å². The molecule has 1 aromatic heterocycles. The van der Waals surface area contributed by atoms with E-state index in [1.165, 1.54) is 33.4 Å². The van der Waals surface area contributed by atoms with E-state index >= 15 is 0 Å². The zero-order valence-corrected chi connectivity index (χ0v) is 23.4. The predicted molar refractivity (Wildman–Crippen MR) is 167 cm³/mol. The fourth-order valence-electron chi connectivity index (χ4n) is 6.35. The second kappa shape index (κ2) is 8.99. The average molecular weight is 517 g/mol. The van der Waals surface area contributed by atoms with Crippen LogP contribution in [0, 0.1) is 0 Å². The van der Waals surface area contributed by atoms with Gasteiger partial charge in [0.05, 0.1) is 11.2 Å². The van der Waals surface area contributed by atoms with Crippen molar-refractivity contribution in [3.05, 3.63) is 132 Å². The van der Waals surface area contributed by atoms with Crippen molar-refractivity contribution in [3.63, 3.8) is 0 Å². The molecular formula is C38H32N2. The van der Waals surface area contributed by atoms with Crippen LogP contribution in [0.4, 0.5) is 0 Å². The van der Waals surface area contributed by atoms with Crippen LogP contribution in [0.1, 0.15) is 38.8 Å². The predicted octanol–water partition coefficient (Wildman–Crippen LogP) is 9.87. The molecule has 0 atom stereocenters. The SMILES string of the molecule is CC1(C)c2ccccc2-c2c(-c3ccc4c(-c5ccccc5)nc(-c5ccccc5)nc4c3)cccc2C1(C)C. The van der Waals surface area contributed by atoms with Crippen LogP contribution in [0.3, 0.4) is 0 Å². The minimum Gasteiger partial charge on any atom is -0.228 e. The van der Waals surface area contributed by atoms with Crippen LogP contribution in [-0.2, 0) is 10.8 Å². The molecule has 0 amide bonds. The lowest BCUT2D eigenvalue weighted by Crippen LogP contribution is -2.43. The maximum Gasteiger partial charge on any atom is 0.160 e. The quantitative estimate of drug-likeness (QED) is 0.234. The maximum absolute atomic E-state index is 5.11. The summed E-state index contributed by atoms with van der Waals surface area (Å²) in [6.45, 7) is 9.53. The Hall–Kier alpha value is -4.56. The van der Waals surface area contributed by atoms with Crippen LogP contribution in [0.15, 0.2) is 121 Å². The molecule has 1 heterocycles. The van der Waals surface area contributed by atoms with Crippen LogP contribution in [0.25, 0.3) is 55.8 Å². The van der Waals surface area contributed by atoms with E-state index in [-0.39, 0.29) is 10.8 Å². The highest BCUT2D eigenvalue weighted by Crippen LogP contribution is 2.55. The summed E-state index contributed by atoms with van der Waals surface area (Å²) in [6, 6.07) is 43.1. The van der Waals surface area contributed by atoms with Crippen molar-refractivity contribution in [1.29, 1.82) is 0 Å². The number of rotatable bonds is 3. The van der Waals surface area contributed by atoms with Crippen LogP contribution in [-0.4, -0.2) is 9.97 Å². The van der Waals surface area contributed by atoms with Gasteiger partial charge in [0, 0.05) is 16.5 Å². The Bertz CT molecular complexity index is 1880. The molecule has 5 aromatic carbocycles. The summed E-state index contributed by atoms with van der Waals surface area (Å²) < 4.78 is 0.